The number of anilines is 1. The van der Waals surface area contributed by atoms with Crippen LogP contribution < -0.4 is 10.5 Å². The molecule has 0 aliphatic carbocycles. The van der Waals surface area contributed by atoms with Gasteiger partial charge in [-0.15, -0.1) is 0 Å². The van der Waals surface area contributed by atoms with Crippen LogP contribution >= 0.6 is 27.5 Å². The summed E-state index contributed by atoms with van der Waals surface area (Å²) in [6.45, 7) is 5.35. The number of aromatic nitrogens is 2. The van der Waals surface area contributed by atoms with Crippen molar-refractivity contribution in [3.63, 3.8) is 0 Å². The van der Waals surface area contributed by atoms with Crippen LogP contribution in [-0.4, -0.2) is 34.2 Å². The average molecular weight is 456 g/mol. The Kier molecular flexibility index (Phi) is 6.06. The quantitative estimate of drug-likeness (QED) is 0.718. The Labute approximate surface area is 171 Å². The molecule has 7 nitrogen and oxygen atoms in total. The molecule has 0 atom stereocenters. The van der Waals surface area contributed by atoms with Gasteiger partial charge in [-0.25, -0.2) is 14.8 Å². The number of benzene rings is 1. The fourth-order valence-electron chi connectivity index (χ4n) is 2.87. The van der Waals surface area contributed by atoms with Crippen LogP contribution in [0.3, 0.4) is 0 Å². The molecule has 9 heteroatoms. The first kappa shape index (κ1) is 19.7. The van der Waals surface area contributed by atoms with E-state index in [0.29, 0.717) is 54.0 Å². The summed E-state index contributed by atoms with van der Waals surface area (Å²) in [4.78, 5) is 22.3. The fourth-order valence-corrected chi connectivity index (χ4v) is 3.72. The number of carbonyl (C=O) groups excluding carboxylic acids is 1. The summed E-state index contributed by atoms with van der Waals surface area (Å²) in [5.41, 5.74) is 8.69. The molecule has 0 radical (unpaired) electrons. The second kappa shape index (κ2) is 8.31. The lowest BCUT2D eigenvalue weighted by Crippen LogP contribution is -2.26. The largest absolute Gasteiger partial charge is 0.492 e. The third-order valence-corrected chi connectivity index (χ3v) is 5.00. The molecule has 1 aromatic carbocycles. The molecule has 1 aliphatic heterocycles. The zero-order valence-corrected chi connectivity index (χ0v) is 17.4. The zero-order valence-electron chi connectivity index (χ0n) is 15.1. The van der Waals surface area contributed by atoms with E-state index in [4.69, 9.17) is 26.8 Å². The number of halogens is 2. The third-order valence-electron chi connectivity index (χ3n) is 4.06. The van der Waals surface area contributed by atoms with Crippen LogP contribution in [0.15, 0.2) is 16.6 Å². The van der Waals surface area contributed by atoms with Crippen LogP contribution in [-0.2, 0) is 17.8 Å². The van der Waals surface area contributed by atoms with E-state index >= 15 is 0 Å². The van der Waals surface area contributed by atoms with E-state index in [2.05, 4.69) is 25.9 Å². The van der Waals surface area contributed by atoms with E-state index in [1.54, 1.807) is 17.9 Å². The summed E-state index contributed by atoms with van der Waals surface area (Å²) in [5, 5.41) is 0.501. The molecule has 27 heavy (non-hydrogen) atoms. The summed E-state index contributed by atoms with van der Waals surface area (Å²) < 4.78 is 11.6. The smallest absolute Gasteiger partial charge is 0.410 e. The van der Waals surface area contributed by atoms with Crippen molar-refractivity contribution >= 4 is 39.6 Å². The minimum atomic E-state index is -0.395. The minimum Gasteiger partial charge on any atom is -0.492 e. The summed E-state index contributed by atoms with van der Waals surface area (Å²) in [6, 6.07) is 3.60. The van der Waals surface area contributed by atoms with Crippen molar-refractivity contribution in [1.29, 1.82) is 0 Å². The van der Waals surface area contributed by atoms with Crippen LogP contribution in [0.5, 0.6) is 5.75 Å². The molecule has 2 heterocycles. The first-order valence-electron chi connectivity index (χ1n) is 8.63. The van der Waals surface area contributed by atoms with Gasteiger partial charge in [0.05, 0.1) is 47.2 Å². The van der Waals surface area contributed by atoms with E-state index in [9.17, 15) is 4.79 Å². The number of fused-ring (bicyclic) bond motifs is 1. The highest BCUT2D eigenvalue weighted by Gasteiger charge is 2.30. The molecule has 1 aromatic heterocycles. The first-order valence-corrected chi connectivity index (χ1v) is 9.80. The highest BCUT2D eigenvalue weighted by atomic mass is 79.9. The number of nitrogens with two attached hydrogens (primary N) is 1. The Morgan fingerprint density at radius 3 is 2.81 bits per heavy atom. The fraction of sp³-hybridized carbons (Fsp3) is 0.389. The van der Waals surface area contributed by atoms with Crippen LogP contribution in [0.2, 0.25) is 5.02 Å². The van der Waals surface area contributed by atoms with Gasteiger partial charge < -0.3 is 15.2 Å². The molecule has 0 saturated heterocycles. The molecule has 1 amide bonds. The molecule has 1 aliphatic rings. The predicted octanol–water partition coefficient (Wildman–Crippen LogP) is 4.40. The van der Waals surface area contributed by atoms with Gasteiger partial charge in [-0.05, 0) is 41.4 Å². The van der Waals surface area contributed by atoms with E-state index < -0.39 is 6.09 Å². The molecule has 0 unspecified atom stereocenters. The standard InChI is InChI=1S/C18H20BrClN4O3/c1-3-5-27-15-6-10(13(20)7-12(15)19)16-11-8-24(18(25)26-4-2)9-14(11)22-17(21)23-16/h6-7H,3-5,8-9H2,1-2H3,(H2,21,22,23). The van der Waals surface area contributed by atoms with Gasteiger partial charge in [-0.1, -0.05) is 18.5 Å². The topological polar surface area (TPSA) is 90.6 Å². The molecular weight excluding hydrogens is 436 g/mol. The Morgan fingerprint density at radius 2 is 2.11 bits per heavy atom. The molecule has 2 aromatic rings. The van der Waals surface area contributed by atoms with Crippen molar-refractivity contribution in [3.05, 3.63) is 32.9 Å². The number of hydrogen-bond donors (Lipinski definition) is 1. The average Bonchev–Trinajstić information content (AvgIpc) is 3.05. The summed E-state index contributed by atoms with van der Waals surface area (Å²) in [5.74, 6) is 0.798. The van der Waals surface area contributed by atoms with Gasteiger partial charge in [-0.2, -0.15) is 0 Å². The molecule has 0 saturated carbocycles. The Balaban J connectivity index is 2.03. The van der Waals surface area contributed by atoms with Gasteiger partial charge in [0.2, 0.25) is 5.95 Å². The second-order valence-corrected chi connectivity index (χ2v) is 7.28. The van der Waals surface area contributed by atoms with Gasteiger partial charge in [0.15, 0.2) is 0 Å². The van der Waals surface area contributed by atoms with E-state index in [1.165, 1.54) is 0 Å². The lowest BCUT2D eigenvalue weighted by Gasteiger charge is -2.15. The lowest BCUT2D eigenvalue weighted by atomic mass is 10.1. The van der Waals surface area contributed by atoms with E-state index in [1.807, 2.05) is 13.0 Å². The lowest BCUT2D eigenvalue weighted by molar-refractivity contribution is 0.106. The number of ether oxygens (including phenoxy) is 2. The van der Waals surface area contributed by atoms with Gasteiger partial charge in [-0.3, -0.25) is 4.90 Å². The summed E-state index contributed by atoms with van der Waals surface area (Å²) in [7, 11) is 0. The maximum Gasteiger partial charge on any atom is 0.410 e. The minimum absolute atomic E-state index is 0.129. The number of nitrogens with zero attached hydrogens (tertiary/aromatic N) is 3. The van der Waals surface area contributed by atoms with Crippen LogP contribution in [0.25, 0.3) is 11.3 Å². The van der Waals surface area contributed by atoms with Gasteiger partial charge in [0.1, 0.15) is 5.75 Å². The normalized spacial score (nSPS) is 12.8. The highest BCUT2D eigenvalue weighted by Crippen LogP contribution is 2.40. The Hall–Kier alpha value is -2.06. The van der Waals surface area contributed by atoms with Crippen molar-refractivity contribution in [2.24, 2.45) is 0 Å². The predicted molar refractivity (Wildman–Crippen MR) is 107 cm³/mol. The second-order valence-electron chi connectivity index (χ2n) is 6.02. The zero-order chi connectivity index (χ0) is 19.6. The summed E-state index contributed by atoms with van der Waals surface area (Å²) >= 11 is 9.95. The Bertz CT molecular complexity index is 878. The SMILES string of the molecule is CCCOc1cc(-c2nc(N)nc3c2CN(C(=O)OCC)C3)c(Cl)cc1Br. The maximum absolute atomic E-state index is 12.1. The van der Waals surface area contributed by atoms with Gasteiger partial charge >= 0.3 is 6.09 Å². The molecule has 0 bridgehead atoms. The number of rotatable bonds is 5. The van der Waals surface area contributed by atoms with Crippen molar-refractivity contribution in [2.45, 2.75) is 33.4 Å². The van der Waals surface area contributed by atoms with Crippen molar-refractivity contribution < 1.29 is 14.3 Å². The van der Waals surface area contributed by atoms with E-state index in [0.717, 1.165) is 16.5 Å². The van der Waals surface area contributed by atoms with Crippen molar-refractivity contribution in [2.75, 3.05) is 18.9 Å². The maximum atomic E-state index is 12.1. The van der Waals surface area contributed by atoms with Crippen LogP contribution in [0, 0.1) is 0 Å². The van der Waals surface area contributed by atoms with Crippen LogP contribution in [0.4, 0.5) is 10.7 Å². The molecule has 0 fully saturated rings. The highest BCUT2D eigenvalue weighted by molar-refractivity contribution is 9.10. The monoisotopic (exact) mass is 454 g/mol. The van der Waals surface area contributed by atoms with Gasteiger partial charge in [0, 0.05) is 11.1 Å². The summed E-state index contributed by atoms with van der Waals surface area (Å²) in [6.07, 6.45) is 0.489. The van der Waals surface area contributed by atoms with Gasteiger partial charge in [0.25, 0.3) is 0 Å². The Morgan fingerprint density at radius 1 is 1.33 bits per heavy atom. The molecule has 0 spiro atoms. The number of amides is 1. The number of carbonyl (C=O) groups is 1. The number of nitrogen functional groups attached to an aromatic ring is 1. The number of hydrogen-bond acceptors (Lipinski definition) is 6. The van der Waals surface area contributed by atoms with Crippen LogP contribution in [0.1, 0.15) is 31.5 Å². The van der Waals surface area contributed by atoms with Crippen molar-refractivity contribution in [3.8, 4) is 17.0 Å². The third kappa shape index (κ3) is 4.11. The van der Waals surface area contributed by atoms with Crippen molar-refractivity contribution in [1.82, 2.24) is 14.9 Å². The molecule has 2 N–H and O–H groups in total. The molecule has 144 valence electrons. The molecule has 3 rings (SSSR count). The van der Waals surface area contributed by atoms with E-state index in [-0.39, 0.29) is 5.95 Å². The first-order chi connectivity index (χ1) is 12.9. The molecular formula is C18H20BrClN4O3.